The first-order chi connectivity index (χ1) is 10.3. The van der Waals surface area contributed by atoms with Gasteiger partial charge in [0.15, 0.2) is 0 Å². The summed E-state index contributed by atoms with van der Waals surface area (Å²) in [4.78, 5) is 0. The molecule has 3 nitrogen and oxygen atoms in total. The number of halogens is 1. The van der Waals surface area contributed by atoms with Crippen molar-refractivity contribution in [3.8, 4) is 18.1 Å². The quantitative estimate of drug-likeness (QED) is 0.800. The van der Waals surface area contributed by atoms with Gasteiger partial charge in [0.1, 0.15) is 12.4 Å². The van der Waals surface area contributed by atoms with Gasteiger partial charge in [-0.25, -0.2) is 0 Å². The molecular weight excluding hydrogens is 330 g/mol. The molecule has 1 aliphatic heterocycles. The molecule has 1 aromatic carbocycles. The first kappa shape index (κ1) is 14.9. The fourth-order valence-corrected chi connectivity index (χ4v) is 3.32. The SMILES string of the molecule is C#CCOc1ccc(Br)cc1CNC1CCOC1C1CC1. The Morgan fingerprint density at radius 2 is 2.24 bits per heavy atom. The van der Waals surface area contributed by atoms with E-state index in [1.54, 1.807) is 0 Å². The van der Waals surface area contributed by atoms with Gasteiger partial charge in [-0.1, -0.05) is 21.9 Å². The van der Waals surface area contributed by atoms with Crippen molar-refractivity contribution < 1.29 is 9.47 Å². The molecule has 2 atom stereocenters. The van der Waals surface area contributed by atoms with Crippen molar-refractivity contribution >= 4 is 15.9 Å². The lowest BCUT2D eigenvalue weighted by atomic mass is 10.1. The smallest absolute Gasteiger partial charge is 0.148 e. The van der Waals surface area contributed by atoms with Gasteiger partial charge in [-0.3, -0.25) is 0 Å². The predicted molar refractivity (Wildman–Crippen MR) is 86.2 cm³/mol. The van der Waals surface area contributed by atoms with E-state index in [2.05, 4.69) is 33.2 Å². The summed E-state index contributed by atoms with van der Waals surface area (Å²) in [6.45, 7) is 1.94. The third-order valence-corrected chi connectivity index (χ3v) is 4.60. The third-order valence-electron chi connectivity index (χ3n) is 4.11. The molecule has 2 fully saturated rings. The molecule has 1 aromatic rings. The Balaban J connectivity index is 1.63. The highest BCUT2D eigenvalue weighted by Crippen LogP contribution is 2.39. The molecule has 0 spiro atoms. The highest BCUT2D eigenvalue weighted by atomic mass is 79.9. The molecule has 0 aromatic heterocycles. The van der Waals surface area contributed by atoms with Crippen LogP contribution in [0.2, 0.25) is 0 Å². The van der Waals surface area contributed by atoms with Crippen LogP contribution in [0.5, 0.6) is 5.75 Å². The summed E-state index contributed by atoms with van der Waals surface area (Å²) in [5.41, 5.74) is 1.13. The van der Waals surface area contributed by atoms with Crippen molar-refractivity contribution in [3.05, 3.63) is 28.2 Å². The molecule has 2 aliphatic rings. The van der Waals surface area contributed by atoms with Crippen LogP contribution in [0.1, 0.15) is 24.8 Å². The number of terminal acetylenes is 1. The van der Waals surface area contributed by atoms with E-state index in [9.17, 15) is 0 Å². The topological polar surface area (TPSA) is 30.5 Å². The molecule has 112 valence electrons. The van der Waals surface area contributed by atoms with Gasteiger partial charge >= 0.3 is 0 Å². The zero-order valence-electron chi connectivity index (χ0n) is 12.0. The standard InChI is InChI=1S/C17H20BrNO2/c1-2-8-20-16-6-5-14(18)10-13(16)11-19-15-7-9-21-17(15)12-3-4-12/h1,5-6,10,12,15,17,19H,3-4,7-9,11H2. The Kier molecular flexibility index (Phi) is 4.84. The van der Waals surface area contributed by atoms with Gasteiger partial charge in [0.25, 0.3) is 0 Å². The number of ether oxygens (including phenoxy) is 2. The minimum Gasteiger partial charge on any atom is -0.481 e. The predicted octanol–water partition coefficient (Wildman–Crippen LogP) is 3.12. The average Bonchev–Trinajstić information content (AvgIpc) is 3.23. The van der Waals surface area contributed by atoms with Crippen molar-refractivity contribution in [2.75, 3.05) is 13.2 Å². The van der Waals surface area contributed by atoms with Gasteiger partial charge < -0.3 is 14.8 Å². The van der Waals surface area contributed by atoms with E-state index in [4.69, 9.17) is 15.9 Å². The highest BCUT2D eigenvalue weighted by molar-refractivity contribution is 9.10. The molecule has 4 heteroatoms. The van der Waals surface area contributed by atoms with E-state index in [1.165, 1.54) is 12.8 Å². The minimum atomic E-state index is 0.297. The minimum absolute atomic E-state index is 0.297. The van der Waals surface area contributed by atoms with Crippen molar-refractivity contribution in [1.29, 1.82) is 0 Å². The van der Waals surface area contributed by atoms with Crippen LogP contribution in [-0.2, 0) is 11.3 Å². The summed E-state index contributed by atoms with van der Waals surface area (Å²) in [5, 5.41) is 3.64. The molecular formula is C17H20BrNO2. The van der Waals surface area contributed by atoms with Gasteiger partial charge in [-0.05, 0) is 43.4 Å². The number of hydrogen-bond acceptors (Lipinski definition) is 3. The van der Waals surface area contributed by atoms with Crippen molar-refractivity contribution in [1.82, 2.24) is 5.32 Å². The molecule has 0 amide bonds. The molecule has 3 rings (SSSR count). The van der Waals surface area contributed by atoms with E-state index in [0.717, 1.165) is 41.3 Å². The first-order valence-electron chi connectivity index (χ1n) is 7.47. The molecule has 2 unspecified atom stereocenters. The summed E-state index contributed by atoms with van der Waals surface area (Å²) < 4.78 is 12.5. The van der Waals surface area contributed by atoms with Crippen LogP contribution in [-0.4, -0.2) is 25.4 Å². The Morgan fingerprint density at radius 1 is 1.38 bits per heavy atom. The molecule has 1 N–H and O–H groups in total. The summed E-state index contributed by atoms with van der Waals surface area (Å²) in [6.07, 6.45) is 9.39. The second-order valence-corrected chi connectivity index (χ2v) is 6.61. The van der Waals surface area contributed by atoms with Gasteiger partial charge in [-0.2, -0.15) is 0 Å². The molecule has 1 heterocycles. The van der Waals surface area contributed by atoms with Crippen molar-refractivity contribution in [3.63, 3.8) is 0 Å². The lowest BCUT2D eigenvalue weighted by Gasteiger charge is -2.20. The largest absolute Gasteiger partial charge is 0.481 e. The molecule has 0 radical (unpaired) electrons. The van der Waals surface area contributed by atoms with Crippen LogP contribution in [0.15, 0.2) is 22.7 Å². The van der Waals surface area contributed by atoms with E-state index in [-0.39, 0.29) is 0 Å². The maximum absolute atomic E-state index is 5.87. The number of hydrogen-bond donors (Lipinski definition) is 1. The van der Waals surface area contributed by atoms with Crippen molar-refractivity contribution in [2.24, 2.45) is 5.92 Å². The maximum Gasteiger partial charge on any atom is 0.148 e. The molecule has 21 heavy (non-hydrogen) atoms. The maximum atomic E-state index is 5.87. The van der Waals surface area contributed by atoms with E-state index < -0.39 is 0 Å². The summed E-state index contributed by atoms with van der Waals surface area (Å²) in [5.74, 6) is 4.13. The average molecular weight is 350 g/mol. The van der Waals surface area contributed by atoms with Gasteiger partial charge in [-0.15, -0.1) is 6.42 Å². The van der Waals surface area contributed by atoms with Crippen LogP contribution in [0.4, 0.5) is 0 Å². The number of benzene rings is 1. The zero-order chi connectivity index (χ0) is 14.7. The van der Waals surface area contributed by atoms with Gasteiger partial charge in [0, 0.05) is 29.2 Å². The fourth-order valence-electron chi connectivity index (χ4n) is 2.91. The lowest BCUT2D eigenvalue weighted by Crippen LogP contribution is -2.37. The third kappa shape index (κ3) is 3.79. The second-order valence-electron chi connectivity index (χ2n) is 5.69. The van der Waals surface area contributed by atoms with Crippen LogP contribution < -0.4 is 10.1 Å². The highest BCUT2D eigenvalue weighted by Gasteiger charge is 2.40. The normalized spacial score (nSPS) is 24.8. The number of rotatable bonds is 6. The van der Waals surface area contributed by atoms with Gasteiger partial charge in [0.2, 0.25) is 0 Å². The van der Waals surface area contributed by atoms with Crippen molar-refractivity contribution in [2.45, 2.75) is 38.0 Å². The first-order valence-corrected chi connectivity index (χ1v) is 8.27. The Morgan fingerprint density at radius 3 is 3.00 bits per heavy atom. The fraction of sp³-hybridized carbons (Fsp3) is 0.529. The van der Waals surface area contributed by atoms with Crippen LogP contribution >= 0.6 is 15.9 Å². The van der Waals surface area contributed by atoms with E-state index in [0.29, 0.717) is 18.8 Å². The van der Waals surface area contributed by atoms with E-state index >= 15 is 0 Å². The van der Waals surface area contributed by atoms with Gasteiger partial charge in [0.05, 0.1) is 6.10 Å². The summed E-state index contributed by atoms with van der Waals surface area (Å²) in [7, 11) is 0. The van der Waals surface area contributed by atoms with Crippen LogP contribution in [0.3, 0.4) is 0 Å². The number of nitrogens with one attached hydrogen (secondary N) is 1. The molecule has 1 saturated carbocycles. The zero-order valence-corrected chi connectivity index (χ0v) is 13.6. The molecule has 1 aliphatic carbocycles. The summed E-state index contributed by atoms with van der Waals surface area (Å²) in [6, 6.07) is 6.47. The monoisotopic (exact) mass is 349 g/mol. The van der Waals surface area contributed by atoms with Crippen LogP contribution in [0, 0.1) is 18.3 Å². The Bertz CT molecular complexity index is 536. The Hall–Kier alpha value is -1.02. The summed E-state index contributed by atoms with van der Waals surface area (Å²) >= 11 is 3.51. The second kappa shape index (κ2) is 6.83. The molecule has 1 saturated heterocycles. The van der Waals surface area contributed by atoms with E-state index in [1.807, 2.05) is 12.1 Å². The van der Waals surface area contributed by atoms with Crippen LogP contribution in [0.25, 0.3) is 0 Å². The Labute approximate surface area is 134 Å². The molecule has 0 bridgehead atoms. The lowest BCUT2D eigenvalue weighted by molar-refractivity contribution is 0.0808.